The van der Waals surface area contributed by atoms with Crippen molar-refractivity contribution >= 4 is 0 Å². The fraction of sp³-hybridized carbons (Fsp3) is 0.727. The van der Waals surface area contributed by atoms with Crippen molar-refractivity contribution in [2.75, 3.05) is 13.1 Å². The molecule has 1 saturated heterocycles. The highest BCUT2D eigenvalue weighted by atomic mass is 15.3. The smallest absolute Gasteiger partial charge is 0.0536 e. The first-order valence-electron chi connectivity index (χ1n) is 5.58. The fourth-order valence-electron chi connectivity index (χ4n) is 2.15. The van der Waals surface area contributed by atoms with Crippen molar-refractivity contribution in [3.8, 4) is 0 Å². The average Bonchev–Trinajstić information content (AvgIpc) is 2.69. The van der Waals surface area contributed by atoms with Crippen molar-refractivity contribution in [3.63, 3.8) is 0 Å². The maximum absolute atomic E-state index is 4.22. The molecular weight excluding hydrogens is 174 g/mol. The van der Waals surface area contributed by atoms with Crippen molar-refractivity contribution in [2.45, 2.75) is 38.8 Å². The molecule has 1 fully saturated rings. The van der Waals surface area contributed by atoms with E-state index in [-0.39, 0.29) is 0 Å². The van der Waals surface area contributed by atoms with E-state index in [0.717, 1.165) is 19.1 Å². The van der Waals surface area contributed by atoms with E-state index < -0.39 is 0 Å². The lowest BCUT2D eigenvalue weighted by molar-refractivity contribution is 0.153. The maximum Gasteiger partial charge on any atom is 0.0536 e. The minimum absolute atomic E-state index is 0.763. The Morgan fingerprint density at radius 1 is 1.36 bits per heavy atom. The van der Waals surface area contributed by atoms with Gasteiger partial charge in [0.1, 0.15) is 0 Å². The third-order valence-corrected chi connectivity index (χ3v) is 3.12. The van der Waals surface area contributed by atoms with Gasteiger partial charge in [-0.25, -0.2) is 0 Å². The Labute approximate surface area is 85.7 Å². The first kappa shape index (κ1) is 9.71. The third-order valence-electron chi connectivity index (χ3n) is 3.12. The highest BCUT2D eigenvalue weighted by Gasteiger charge is 2.17. The first-order chi connectivity index (χ1) is 6.86. The largest absolute Gasteiger partial charge is 0.299 e. The molecule has 0 N–H and O–H groups in total. The molecule has 2 heterocycles. The second-order valence-electron chi connectivity index (χ2n) is 4.15. The Kier molecular flexibility index (Phi) is 3.19. The summed E-state index contributed by atoms with van der Waals surface area (Å²) in [4.78, 5) is 2.57. The van der Waals surface area contributed by atoms with Gasteiger partial charge in [-0.05, 0) is 32.4 Å². The molecule has 0 bridgehead atoms. The Hall–Kier alpha value is -0.830. The number of nitrogens with zero attached hydrogens (tertiary/aromatic N) is 3. The van der Waals surface area contributed by atoms with Gasteiger partial charge in [-0.3, -0.25) is 9.58 Å². The summed E-state index contributed by atoms with van der Waals surface area (Å²) in [6.07, 6.45) is 8.01. The summed E-state index contributed by atoms with van der Waals surface area (Å²) >= 11 is 0. The molecule has 0 unspecified atom stereocenters. The Balaban J connectivity index is 1.79. The highest BCUT2D eigenvalue weighted by Crippen LogP contribution is 2.15. The Morgan fingerprint density at radius 3 is 3.00 bits per heavy atom. The van der Waals surface area contributed by atoms with Crippen LogP contribution in [0.4, 0.5) is 0 Å². The zero-order valence-corrected chi connectivity index (χ0v) is 8.89. The molecule has 1 aliphatic heterocycles. The molecule has 1 aliphatic rings. The number of aromatic nitrogens is 2. The molecule has 0 saturated carbocycles. The van der Waals surface area contributed by atoms with E-state index in [1.807, 2.05) is 23.1 Å². The lowest BCUT2D eigenvalue weighted by Gasteiger charge is -2.33. The quantitative estimate of drug-likeness (QED) is 0.729. The van der Waals surface area contributed by atoms with Crippen LogP contribution < -0.4 is 0 Å². The Bertz CT molecular complexity index is 256. The van der Waals surface area contributed by atoms with Gasteiger partial charge >= 0.3 is 0 Å². The molecular formula is C11H19N3. The third kappa shape index (κ3) is 2.35. The van der Waals surface area contributed by atoms with Crippen LogP contribution in [0.1, 0.15) is 26.2 Å². The molecule has 0 amide bonds. The van der Waals surface area contributed by atoms with Crippen LogP contribution in [0.2, 0.25) is 0 Å². The molecule has 0 aromatic carbocycles. The van der Waals surface area contributed by atoms with E-state index in [1.165, 1.54) is 25.8 Å². The molecule has 1 aromatic rings. The van der Waals surface area contributed by atoms with E-state index in [4.69, 9.17) is 0 Å². The van der Waals surface area contributed by atoms with E-state index in [2.05, 4.69) is 16.9 Å². The normalized spacial score (nSPS) is 23.9. The fourth-order valence-corrected chi connectivity index (χ4v) is 2.15. The van der Waals surface area contributed by atoms with Gasteiger partial charge in [0.25, 0.3) is 0 Å². The van der Waals surface area contributed by atoms with Crippen molar-refractivity contribution in [1.82, 2.24) is 14.7 Å². The van der Waals surface area contributed by atoms with E-state index >= 15 is 0 Å². The van der Waals surface area contributed by atoms with Gasteiger partial charge in [0.2, 0.25) is 0 Å². The topological polar surface area (TPSA) is 21.1 Å². The molecule has 3 heteroatoms. The molecule has 0 spiro atoms. The molecule has 78 valence electrons. The van der Waals surface area contributed by atoms with Crippen LogP contribution in [0.5, 0.6) is 0 Å². The van der Waals surface area contributed by atoms with E-state index in [0.29, 0.717) is 0 Å². The minimum atomic E-state index is 0.763. The maximum atomic E-state index is 4.22. The summed E-state index contributed by atoms with van der Waals surface area (Å²) in [7, 11) is 0. The summed E-state index contributed by atoms with van der Waals surface area (Å²) in [5.74, 6) is 0. The van der Waals surface area contributed by atoms with Gasteiger partial charge in [0.05, 0.1) is 6.54 Å². The molecule has 14 heavy (non-hydrogen) atoms. The van der Waals surface area contributed by atoms with Crippen molar-refractivity contribution in [1.29, 1.82) is 0 Å². The number of hydrogen-bond donors (Lipinski definition) is 0. The Morgan fingerprint density at radius 2 is 2.29 bits per heavy atom. The molecule has 0 aliphatic carbocycles. The zero-order chi connectivity index (χ0) is 9.80. The summed E-state index contributed by atoms with van der Waals surface area (Å²) in [5.41, 5.74) is 0. The first-order valence-corrected chi connectivity index (χ1v) is 5.58. The van der Waals surface area contributed by atoms with Gasteiger partial charge in [-0.2, -0.15) is 5.10 Å². The highest BCUT2D eigenvalue weighted by molar-refractivity contribution is 4.79. The lowest BCUT2D eigenvalue weighted by atomic mass is 10.0. The van der Waals surface area contributed by atoms with Gasteiger partial charge < -0.3 is 0 Å². The second-order valence-corrected chi connectivity index (χ2v) is 4.15. The molecule has 3 nitrogen and oxygen atoms in total. The van der Waals surface area contributed by atoms with Crippen LogP contribution >= 0.6 is 0 Å². The summed E-state index contributed by atoms with van der Waals surface area (Å²) < 4.78 is 2.02. The van der Waals surface area contributed by atoms with Gasteiger partial charge in [0, 0.05) is 25.0 Å². The van der Waals surface area contributed by atoms with Crippen molar-refractivity contribution in [2.24, 2.45) is 0 Å². The van der Waals surface area contributed by atoms with Gasteiger partial charge in [0.15, 0.2) is 0 Å². The molecule has 2 rings (SSSR count). The zero-order valence-electron chi connectivity index (χ0n) is 8.89. The monoisotopic (exact) mass is 193 g/mol. The predicted molar refractivity (Wildman–Crippen MR) is 57.1 cm³/mol. The van der Waals surface area contributed by atoms with Crippen LogP contribution in [0.15, 0.2) is 18.5 Å². The molecule has 1 aromatic heterocycles. The predicted octanol–water partition coefficient (Wildman–Crippen LogP) is 1.76. The van der Waals surface area contributed by atoms with Crippen molar-refractivity contribution < 1.29 is 0 Å². The number of rotatable bonds is 3. The standard InChI is InChI=1S/C11H19N3/c1-11-5-2-3-7-13(11)9-10-14-8-4-6-12-14/h4,6,8,11H,2-3,5,7,9-10H2,1H3/t11-/m0/s1. The number of likely N-dealkylation sites (tertiary alicyclic amines) is 1. The second kappa shape index (κ2) is 4.60. The van der Waals surface area contributed by atoms with Gasteiger partial charge in [-0.1, -0.05) is 6.42 Å². The summed E-state index contributed by atoms with van der Waals surface area (Å²) in [5, 5.41) is 4.22. The van der Waals surface area contributed by atoms with Crippen LogP contribution in [0, 0.1) is 0 Å². The van der Waals surface area contributed by atoms with E-state index in [1.54, 1.807) is 0 Å². The van der Waals surface area contributed by atoms with Crippen molar-refractivity contribution in [3.05, 3.63) is 18.5 Å². The molecule has 0 radical (unpaired) electrons. The van der Waals surface area contributed by atoms with Crippen LogP contribution in [-0.4, -0.2) is 33.8 Å². The SMILES string of the molecule is C[C@H]1CCCCN1CCn1cccn1. The van der Waals surface area contributed by atoms with Crippen LogP contribution in [0.25, 0.3) is 0 Å². The average molecular weight is 193 g/mol. The lowest BCUT2D eigenvalue weighted by Crippen LogP contribution is -2.39. The van der Waals surface area contributed by atoms with Crippen LogP contribution in [0.3, 0.4) is 0 Å². The van der Waals surface area contributed by atoms with Crippen LogP contribution in [-0.2, 0) is 6.54 Å². The number of hydrogen-bond acceptors (Lipinski definition) is 2. The minimum Gasteiger partial charge on any atom is -0.299 e. The summed E-state index contributed by atoms with van der Waals surface area (Å²) in [6, 6.07) is 2.75. The number of piperidine rings is 1. The van der Waals surface area contributed by atoms with E-state index in [9.17, 15) is 0 Å². The summed E-state index contributed by atoms with van der Waals surface area (Å²) in [6.45, 7) is 5.77. The molecule has 1 atom stereocenters. The van der Waals surface area contributed by atoms with Gasteiger partial charge in [-0.15, -0.1) is 0 Å².